The number of benzene rings is 3. The van der Waals surface area contributed by atoms with Crippen molar-refractivity contribution in [1.29, 1.82) is 0 Å². The number of anilines is 3. The maximum absolute atomic E-state index is 12.9. The Kier molecular flexibility index (Phi) is 28.9. The molecule has 544 valence electrons. The number of amides is 7. The van der Waals surface area contributed by atoms with Crippen LogP contribution in [0.3, 0.4) is 0 Å². The molecule has 105 heavy (non-hydrogen) atoms. The number of likely N-dealkylation sites (tertiary alicyclic amines) is 1. The second-order valence-electron chi connectivity index (χ2n) is 26.2. The molecule has 6 saturated heterocycles. The molecule has 18 atom stereocenters. The van der Waals surface area contributed by atoms with Crippen molar-refractivity contribution < 1.29 is 207 Å². The van der Waals surface area contributed by atoms with Crippen molar-refractivity contribution in [2.75, 3.05) is 35.6 Å². The number of hydrogen-bond donors (Lipinski definition) is 8. The summed E-state index contributed by atoms with van der Waals surface area (Å²) in [6.07, 6.45) is -3.45. The summed E-state index contributed by atoms with van der Waals surface area (Å²) >= 11 is 3.72. The van der Waals surface area contributed by atoms with E-state index in [4.69, 9.17) is 0 Å². The number of carboxylic acid groups (broad SMARTS) is 7. The van der Waals surface area contributed by atoms with E-state index in [0.29, 0.717) is 52.0 Å². The number of hydrogen-bond acceptors (Lipinski definition) is 27. The fraction of sp³-hybridized carbons (Fsp3) is 0.448. The number of carbonyl (C=O) groups is 13. The van der Waals surface area contributed by atoms with Gasteiger partial charge in [0.15, 0.2) is 6.04 Å². The van der Waals surface area contributed by atoms with E-state index in [-0.39, 0.29) is 175 Å². The molecular formula is C67H69N9Na3O23S3-3. The van der Waals surface area contributed by atoms with Gasteiger partial charge < -0.3 is 131 Å². The van der Waals surface area contributed by atoms with Gasteiger partial charge >= 0.3 is 88.7 Å². The summed E-state index contributed by atoms with van der Waals surface area (Å²) < 4.78 is 0. The monoisotopic (exact) mass is 1530 g/mol. The minimum absolute atomic E-state index is 0. The average molecular weight is 1530 g/mol. The fourth-order valence-electron chi connectivity index (χ4n) is 14.8. The van der Waals surface area contributed by atoms with Gasteiger partial charge in [-0.3, -0.25) is 28.8 Å². The largest absolute Gasteiger partial charge is 1.00 e. The molecule has 9 N–H and O–H groups in total. The van der Waals surface area contributed by atoms with Gasteiger partial charge in [-0.1, -0.05) is 57.2 Å². The van der Waals surface area contributed by atoms with E-state index < -0.39 is 149 Å². The number of nitrogens with zero attached hydrogens (tertiary/aromatic N) is 4. The number of nitrogens with two attached hydrogens (primary N) is 1. The normalized spacial score (nSPS) is 28.1. The molecule has 9 heterocycles. The van der Waals surface area contributed by atoms with E-state index in [1.54, 1.807) is 19.1 Å². The Labute approximate surface area is 679 Å². The number of aliphatic hydroxyl groups excluding tert-OH is 3. The van der Waals surface area contributed by atoms with Crippen molar-refractivity contribution in [3.8, 4) is 0 Å². The number of nitrogens with one attached hydrogen (secondary N) is 4. The first kappa shape index (κ1) is 85.9. The zero-order valence-corrected chi connectivity index (χ0v) is 66.6. The predicted octanol–water partition coefficient (Wildman–Crippen LogP) is -16.1. The van der Waals surface area contributed by atoms with Gasteiger partial charge in [-0.2, -0.15) is 0 Å². The van der Waals surface area contributed by atoms with Gasteiger partial charge in [0.1, 0.15) is 12.1 Å². The number of quaternary nitrogens is 1. The van der Waals surface area contributed by atoms with Crippen molar-refractivity contribution in [2.45, 2.75) is 131 Å². The van der Waals surface area contributed by atoms with Crippen molar-refractivity contribution >= 4 is 130 Å². The van der Waals surface area contributed by atoms with E-state index in [9.17, 15) is 113 Å². The van der Waals surface area contributed by atoms with Crippen LogP contribution in [0.5, 0.6) is 0 Å². The van der Waals surface area contributed by atoms with Crippen LogP contribution in [0.25, 0.3) is 0 Å². The molecule has 0 aromatic heterocycles. The zero-order valence-electron chi connectivity index (χ0n) is 58.2. The van der Waals surface area contributed by atoms with Crippen LogP contribution in [-0.4, -0.2) is 202 Å². The van der Waals surface area contributed by atoms with Crippen LogP contribution in [0.1, 0.15) is 91.9 Å². The molecule has 0 aliphatic carbocycles. The summed E-state index contributed by atoms with van der Waals surface area (Å²) in [7, 11) is 0. The molecule has 0 spiro atoms. The topological polar surface area (TPSA) is 522 Å². The summed E-state index contributed by atoms with van der Waals surface area (Å²) in [4.78, 5) is 162. The van der Waals surface area contributed by atoms with Gasteiger partial charge in [-0.15, -0.1) is 35.3 Å². The van der Waals surface area contributed by atoms with Crippen LogP contribution < -0.4 is 151 Å². The molecule has 3 aromatic carbocycles. The molecular weight excluding hydrogens is 1460 g/mol. The first-order valence-electron chi connectivity index (χ1n) is 32.4. The second kappa shape index (κ2) is 35.3. The molecule has 9 aliphatic rings. The number of aliphatic carboxylic acids is 3. The first-order valence-corrected chi connectivity index (χ1v) is 35.1. The Morgan fingerprint density at radius 1 is 0.486 bits per heavy atom. The van der Waals surface area contributed by atoms with Crippen molar-refractivity contribution in [3.05, 3.63) is 121 Å². The SMILES string of the molecule is CC(O)C1C(=O)N2C(C(=O)[O-])=C(SC3CC(C(=O)Nc4cccc(C(=O)[O-])c4)N(C(=O)[O-])C3)C(C)C12.CC(O)C1C(=O)N2C(C(=O)[O-])=C(SC3CNC(C(=O)Nc4cccc(C(=O)[O-])c4)C3)C(C)C12.CC(O)C1C(=O)N2C(C(=O)[O-])=C(SC3C[NH2+]C(C(=O)Nc4cccc(C(=O)[O-])c4)C3)C(C)C12.[Na+].[Na+].[Na+]. The summed E-state index contributed by atoms with van der Waals surface area (Å²) in [5.41, 5.74) is -0.0204. The van der Waals surface area contributed by atoms with E-state index in [2.05, 4.69) is 21.3 Å². The third-order valence-corrected chi connectivity index (χ3v) is 24.2. The number of aliphatic hydroxyl groups is 3. The minimum Gasteiger partial charge on any atom is -0.545 e. The molecule has 0 saturated carbocycles. The molecule has 6 fully saturated rings. The molecule has 18 unspecified atom stereocenters. The molecule has 12 rings (SSSR count). The van der Waals surface area contributed by atoms with Gasteiger partial charge in [0.05, 0.1) is 125 Å². The van der Waals surface area contributed by atoms with E-state index in [1.807, 2.05) is 19.2 Å². The number of fused-ring (bicyclic) bond motifs is 3. The quantitative estimate of drug-likeness (QED) is 0.0363. The Morgan fingerprint density at radius 2 is 0.838 bits per heavy atom. The number of thioether (sulfide) groups is 3. The summed E-state index contributed by atoms with van der Waals surface area (Å²) in [5, 5.41) is 122. The maximum atomic E-state index is 12.9. The number of rotatable bonds is 21. The molecule has 32 nitrogen and oxygen atoms in total. The number of carboxylic acids is 6. The van der Waals surface area contributed by atoms with E-state index in [0.717, 1.165) is 21.6 Å². The van der Waals surface area contributed by atoms with Gasteiger partial charge in [0.2, 0.25) is 29.5 Å². The zero-order chi connectivity index (χ0) is 74.5. The average Bonchev–Trinajstić information content (AvgIpc) is 1.58. The molecule has 7 amide bonds. The van der Waals surface area contributed by atoms with Crippen LogP contribution in [-0.2, 0) is 43.2 Å². The Bertz CT molecular complexity index is 3960. The van der Waals surface area contributed by atoms with Crippen molar-refractivity contribution in [1.82, 2.24) is 24.9 Å². The molecule has 9 aliphatic heterocycles. The van der Waals surface area contributed by atoms with Gasteiger partial charge in [0, 0.05) is 79.5 Å². The Morgan fingerprint density at radius 3 is 1.19 bits per heavy atom. The molecule has 38 heteroatoms. The Balaban J connectivity index is 0.000000217. The summed E-state index contributed by atoms with van der Waals surface area (Å²) in [5.74, 6) is -14.2. The van der Waals surface area contributed by atoms with Crippen molar-refractivity contribution in [3.63, 3.8) is 0 Å². The minimum atomic E-state index is -1.59. The first-order chi connectivity index (χ1) is 48.1. The second-order valence-corrected chi connectivity index (χ2v) is 30.3. The van der Waals surface area contributed by atoms with Gasteiger partial charge in [-0.05, 0) is 86.7 Å². The Hall–Kier alpha value is -6.36. The van der Waals surface area contributed by atoms with E-state index >= 15 is 0 Å². The fourth-order valence-corrected chi connectivity index (χ4v) is 19.3. The molecule has 0 radical (unpaired) electrons. The molecule has 0 bridgehead atoms. The van der Waals surface area contributed by atoms with Crippen molar-refractivity contribution in [2.24, 2.45) is 35.5 Å². The predicted molar refractivity (Wildman–Crippen MR) is 345 cm³/mol. The number of aromatic carboxylic acids is 3. The third-order valence-electron chi connectivity index (χ3n) is 19.6. The van der Waals surface area contributed by atoms with Crippen LogP contribution in [0.2, 0.25) is 0 Å². The van der Waals surface area contributed by atoms with Crippen LogP contribution in [0.4, 0.5) is 21.9 Å². The smallest absolute Gasteiger partial charge is 0.545 e. The van der Waals surface area contributed by atoms with Crippen LogP contribution in [0, 0.1) is 35.5 Å². The van der Waals surface area contributed by atoms with Gasteiger partial charge in [-0.25, -0.2) is 0 Å². The summed E-state index contributed by atoms with van der Waals surface area (Å²) in [6, 6.07) is 13.3. The maximum Gasteiger partial charge on any atom is 1.00 e. The van der Waals surface area contributed by atoms with E-state index in [1.165, 1.54) is 115 Å². The standard InChI is InChI=1S/C23H25N3O9S.2C22H25N3O7S.3Na/c1-9-16-15(10(2)27)20(29)26(16)17(22(32)33)18(9)36-13-7-14(25(8-13)23(34)35)19(28)24-12-5-3-4-11(6-12)21(30)31;2*1-9-16-15(10(2)26)20(28)25(16)17(22(31)32)18(9)33-13-7-14(23-8-13)19(27)24-12-5-3-4-11(6-12)21(29)30;;;/h3-6,9-10,13-16,27H,7-8H2,1-2H3,(H,24,28)(H,30,31)(H,32,33)(H,34,35);2*3-6,9-10,13-16,23,26H,7-8H2,1-2H3,(H,24,27)(H,29,30)(H,31,32);;;/q;;;3*+1/p-6. The number of β-lactam (4-membered cyclic amide) rings is 3. The van der Waals surface area contributed by atoms with Gasteiger partial charge in [0.25, 0.3) is 5.91 Å². The van der Waals surface area contributed by atoms with Crippen LogP contribution in [0.15, 0.2) is 105 Å². The number of carbonyl (C=O) groups excluding carboxylic acids is 13. The van der Waals surface area contributed by atoms with Crippen LogP contribution >= 0.6 is 35.3 Å². The summed E-state index contributed by atoms with van der Waals surface area (Å²) in [6.45, 7) is 10.7. The third kappa shape index (κ3) is 17.5. The molecule has 3 aromatic rings.